The molecule has 3 heterocycles. The van der Waals surface area contributed by atoms with Crippen LogP contribution < -0.4 is 10.3 Å². The highest BCUT2D eigenvalue weighted by Crippen LogP contribution is 2.39. The number of carbonyl (C=O) groups is 1. The van der Waals surface area contributed by atoms with Crippen molar-refractivity contribution < 1.29 is 13.6 Å². The molecule has 5 rings (SSSR count). The van der Waals surface area contributed by atoms with Crippen LogP contribution in [0.5, 0.6) is 0 Å². The zero-order valence-corrected chi connectivity index (χ0v) is 14.4. The fraction of sp³-hybridized carbons (Fsp3) is 0.0476. The van der Waals surface area contributed by atoms with Gasteiger partial charge in [-0.3, -0.25) is 14.5 Å². The van der Waals surface area contributed by atoms with Crippen LogP contribution in [0.2, 0.25) is 0 Å². The Morgan fingerprint density at radius 2 is 1.71 bits per heavy atom. The summed E-state index contributed by atoms with van der Waals surface area (Å²) in [7, 11) is 0. The summed E-state index contributed by atoms with van der Waals surface area (Å²) >= 11 is 0. The smallest absolute Gasteiger partial charge is 0.297 e. The number of benzene rings is 2. The first-order chi connectivity index (χ1) is 13.6. The zero-order valence-electron chi connectivity index (χ0n) is 14.4. The van der Waals surface area contributed by atoms with E-state index in [-0.39, 0.29) is 28.2 Å². The average molecular weight is 373 g/mol. The number of halogens is 1. The van der Waals surface area contributed by atoms with Gasteiger partial charge in [0.05, 0.1) is 17.0 Å². The minimum Gasteiger partial charge on any atom is -0.450 e. The van der Waals surface area contributed by atoms with E-state index in [1.165, 1.54) is 29.4 Å². The van der Waals surface area contributed by atoms with Gasteiger partial charge in [0.1, 0.15) is 11.4 Å². The van der Waals surface area contributed by atoms with Crippen molar-refractivity contribution in [2.24, 2.45) is 0 Å². The van der Waals surface area contributed by atoms with Crippen LogP contribution >= 0.6 is 0 Å². The molecule has 1 aliphatic heterocycles. The Bertz CT molecular complexity index is 1270. The predicted molar refractivity (Wildman–Crippen MR) is 99.6 cm³/mol. The van der Waals surface area contributed by atoms with Crippen molar-refractivity contribution in [3.63, 3.8) is 0 Å². The van der Waals surface area contributed by atoms with E-state index in [1.807, 2.05) is 18.2 Å². The Morgan fingerprint density at radius 3 is 2.46 bits per heavy atom. The van der Waals surface area contributed by atoms with Crippen LogP contribution in [0, 0.1) is 5.82 Å². The van der Waals surface area contributed by atoms with Gasteiger partial charge in [-0.2, -0.15) is 0 Å². The van der Waals surface area contributed by atoms with E-state index in [0.717, 1.165) is 6.07 Å². The van der Waals surface area contributed by atoms with Gasteiger partial charge in [0.15, 0.2) is 5.43 Å². The number of anilines is 1. The van der Waals surface area contributed by atoms with Crippen LogP contribution in [0.1, 0.15) is 27.7 Å². The second-order valence-electron chi connectivity index (χ2n) is 6.35. The van der Waals surface area contributed by atoms with E-state index in [1.54, 1.807) is 18.2 Å². The summed E-state index contributed by atoms with van der Waals surface area (Å²) in [6.07, 6.45) is 3.03. The molecule has 28 heavy (non-hydrogen) atoms. The van der Waals surface area contributed by atoms with Gasteiger partial charge < -0.3 is 4.42 Å². The maximum Gasteiger partial charge on any atom is 0.297 e. The Hall–Kier alpha value is -3.87. The highest BCUT2D eigenvalue weighted by atomic mass is 19.1. The number of rotatable bonds is 2. The molecule has 0 radical (unpaired) electrons. The number of amides is 1. The molecule has 0 aliphatic carbocycles. The topological polar surface area (TPSA) is 76.3 Å². The molecule has 0 saturated heterocycles. The molecule has 1 atom stereocenters. The highest BCUT2D eigenvalue weighted by Gasteiger charge is 2.44. The summed E-state index contributed by atoms with van der Waals surface area (Å²) in [5.41, 5.74) is 0.560. The molecule has 7 heteroatoms. The summed E-state index contributed by atoms with van der Waals surface area (Å²) in [6.45, 7) is 0. The molecular weight excluding hydrogens is 361 g/mol. The van der Waals surface area contributed by atoms with Crippen LogP contribution in [0.25, 0.3) is 11.0 Å². The van der Waals surface area contributed by atoms with Crippen molar-refractivity contribution in [2.45, 2.75) is 6.04 Å². The van der Waals surface area contributed by atoms with Crippen LogP contribution in [-0.2, 0) is 0 Å². The van der Waals surface area contributed by atoms with Crippen LogP contribution in [0.4, 0.5) is 10.3 Å². The largest absolute Gasteiger partial charge is 0.450 e. The number of aromatic nitrogens is 2. The maximum absolute atomic E-state index is 13.7. The van der Waals surface area contributed by atoms with Gasteiger partial charge in [-0.1, -0.05) is 30.3 Å². The summed E-state index contributed by atoms with van der Waals surface area (Å²) in [4.78, 5) is 36.1. The molecule has 6 nitrogen and oxygen atoms in total. The van der Waals surface area contributed by atoms with Crippen molar-refractivity contribution in [3.8, 4) is 0 Å². The molecule has 0 saturated carbocycles. The minimum atomic E-state index is -0.769. The Kier molecular flexibility index (Phi) is 3.55. The lowest BCUT2D eigenvalue weighted by molar-refractivity contribution is 0.0969. The second-order valence-corrected chi connectivity index (χ2v) is 6.35. The molecule has 0 spiro atoms. The molecule has 1 unspecified atom stereocenters. The van der Waals surface area contributed by atoms with Crippen LogP contribution in [0.3, 0.4) is 0 Å². The molecule has 0 bridgehead atoms. The Morgan fingerprint density at radius 1 is 0.964 bits per heavy atom. The lowest BCUT2D eigenvalue weighted by Crippen LogP contribution is -2.31. The summed E-state index contributed by atoms with van der Waals surface area (Å²) in [5.74, 6) is -0.991. The number of hydrogen-bond donors (Lipinski definition) is 0. The quantitative estimate of drug-likeness (QED) is 0.538. The van der Waals surface area contributed by atoms with Crippen molar-refractivity contribution in [3.05, 3.63) is 99.9 Å². The lowest BCUT2D eigenvalue weighted by atomic mass is 9.99. The molecule has 0 fully saturated rings. The van der Waals surface area contributed by atoms with Crippen LogP contribution in [0.15, 0.2) is 76.2 Å². The molecule has 1 amide bonds. The third-order valence-electron chi connectivity index (χ3n) is 4.72. The van der Waals surface area contributed by atoms with Crippen molar-refractivity contribution >= 4 is 22.8 Å². The Balaban J connectivity index is 1.84. The van der Waals surface area contributed by atoms with Crippen molar-refractivity contribution in [1.29, 1.82) is 0 Å². The Labute approximate surface area is 157 Å². The normalized spacial score (nSPS) is 15.8. The highest BCUT2D eigenvalue weighted by molar-refractivity contribution is 6.09. The predicted octanol–water partition coefficient (Wildman–Crippen LogP) is 3.47. The molecule has 136 valence electrons. The SMILES string of the molecule is O=C1c2oc3ccc(F)cc3c(=O)c2C(c2ccccc2)N1c1ncccn1. The number of carbonyl (C=O) groups excluding carboxylic acids is 1. The van der Waals surface area contributed by atoms with E-state index in [4.69, 9.17) is 4.42 Å². The molecule has 1 aliphatic rings. The van der Waals surface area contributed by atoms with E-state index in [2.05, 4.69) is 9.97 Å². The van der Waals surface area contributed by atoms with Crippen LogP contribution in [-0.4, -0.2) is 15.9 Å². The van der Waals surface area contributed by atoms with Gasteiger partial charge in [-0.05, 0) is 29.8 Å². The van der Waals surface area contributed by atoms with E-state index >= 15 is 0 Å². The number of nitrogens with zero attached hydrogens (tertiary/aromatic N) is 3. The first-order valence-electron chi connectivity index (χ1n) is 8.57. The van der Waals surface area contributed by atoms with Gasteiger partial charge in [0, 0.05) is 12.4 Å². The van der Waals surface area contributed by atoms with Gasteiger partial charge in [-0.25, -0.2) is 14.4 Å². The second kappa shape index (κ2) is 6.09. The van der Waals surface area contributed by atoms with E-state index in [9.17, 15) is 14.0 Å². The molecular formula is C21H12FN3O3. The van der Waals surface area contributed by atoms with Gasteiger partial charge in [0.25, 0.3) is 5.91 Å². The fourth-order valence-electron chi connectivity index (χ4n) is 3.52. The van der Waals surface area contributed by atoms with Gasteiger partial charge >= 0.3 is 0 Å². The van der Waals surface area contributed by atoms with E-state index in [0.29, 0.717) is 5.56 Å². The average Bonchev–Trinajstić information content (AvgIpc) is 3.03. The zero-order chi connectivity index (χ0) is 19.3. The summed E-state index contributed by atoms with van der Waals surface area (Å²) in [5, 5.41) is 0.0864. The van der Waals surface area contributed by atoms with Gasteiger partial charge in [-0.15, -0.1) is 0 Å². The number of hydrogen-bond acceptors (Lipinski definition) is 5. The standard InChI is InChI=1S/C21H12FN3O3/c22-13-7-8-15-14(11-13)18(26)16-17(12-5-2-1-3-6-12)25(20(27)19(16)28-15)21-23-9-4-10-24-21/h1-11,17H. The number of fused-ring (bicyclic) bond motifs is 2. The fourth-order valence-corrected chi connectivity index (χ4v) is 3.52. The third-order valence-corrected chi connectivity index (χ3v) is 4.72. The molecule has 0 N–H and O–H groups in total. The summed E-state index contributed by atoms with van der Waals surface area (Å²) in [6, 6.07) is 13.6. The molecule has 2 aromatic carbocycles. The van der Waals surface area contributed by atoms with Crippen molar-refractivity contribution in [1.82, 2.24) is 9.97 Å². The monoisotopic (exact) mass is 373 g/mol. The third kappa shape index (κ3) is 2.33. The minimum absolute atomic E-state index is 0.0783. The molecule has 2 aromatic heterocycles. The first-order valence-corrected chi connectivity index (χ1v) is 8.57. The van der Waals surface area contributed by atoms with Crippen molar-refractivity contribution in [2.75, 3.05) is 4.90 Å². The first kappa shape index (κ1) is 16.3. The van der Waals surface area contributed by atoms with E-state index < -0.39 is 23.2 Å². The maximum atomic E-state index is 13.7. The molecule has 4 aromatic rings. The summed E-state index contributed by atoms with van der Waals surface area (Å²) < 4.78 is 19.5. The lowest BCUT2D eigenvalue weighted by Gasteiger charge is -2.22. The van der Waals surface area contributed by atoms with Gasteiger partial charge in [0.2, 0.25) is 11.7 Å².